The van der Waals surface area contributed by atoms with Gasteiger partial charge in [0, 0.05) is 31.1 Å². The van der Waals surface area contributed by atoms with E-state index in [0.29, 0.717) is 23.1 Å². The smallest absolute Gasteiger partial charge is 0.258 e. The van der Waals surface area contributed by atoms with E-state index in [-0.39, 0.29) is 0 Å². The molecule has 1 saturated heterocycles. The monoisotopic (exact) mass is 306 g/mol. The van der Waals surface area contributed by atoms with Crippen molar-refractivity contribution < 1.29 is 0 Å². The number of aromatic nitrogens is 6. The largest absolute Gasteiger partial charge is 0.357 e. The van der Waals surface area contributed by atoms with Crippen LogP contribution < -0.4 is 10.2 Å². The summed E-state index contributed by atoms with van der Waals surface area (Å²) in [5.74, 6) is 2.81. The normalized spacial score (nSPS) is 18.8. The molecule has 8 nitrogen and oxygen atoms in total. The lowest BCUT2D eigenvalue weighted by atomic mass is 10.3. The van der Waals surface area contributed by atoms with Crippen molar-refractivity contribution in [2.45, 2.75) is 18.6 Å². The molecule has 3 heterocycles. The Balaban J connectivity index is 1.92. The molecule has 1 unspecified atom stereocenters. The molecule has 0 amide bonds. The second-order valence-corrected chi connectivity index (χ2v) is 6.10. The van der Waals surface area contributed by atoms with Gasteiger partial charge in [-0.1, -0.05) is 6.92 Å². The minimum Gasteiger partial charge on any atom is -0.357 e. The molecule has 2 aromatic rings. The summed E-state index contributed by atoms with van der Waals surface area (Å²) in [5, 5.41) is 7.69. The lowest BCUT2D eigenvalue weighted by Crippen LogP contribution is -2.39. The Bertz CT molecular complexity index is 587. The lowest BCUT2D eigenvalue weighted by Gasteiger charge is -2.32. The van der Waals surface area contributed by atoms with E-state index < -0.39 is 0 Å². The first-order valence-corrected chi connectivity index (χ1v) is 8.00. The van der Waals surface area contributed by atoms with Gasteiger partial charge in [-0.2, -0.15) is 36.5 Å². The van der Waals surface area contributed by atoms with E-state index in [9.17, 15) is 0 Å². The SMILES string of the molecule is CCC1CN(c2nc(NC)nc(-n3cncn3)n2)CCS1. The Hall–Kier alpha value is -1.90. The first kappa shape index (κ1) is 14.1. The maximum Gasteiger partial charge on any atom is 0.258 e. The van der Waals surface area contributed by atoms with Crippen LogP contribution in [-0.2, 0) is 0 Å². The highest BCUT2D eigenvalue weighted by Gasteiger charge is 2.22. The van der Waals surface area contributed by atoms with Crippen LogP contribution in [0.4, 0.5) is 11.9 Å². The molecule has 2 aromatic heterocycles. The van der Waals surface area contributed by atoms with Crippen molar-refractivity contribution in [2.24, 2.45) is 0 Å². The minimum atomic E-state index is 0.480. The van der Waals surface area contributed by atoms with Crippen LogP contribution in [-0.4, -0.2) is 60.9 Å². The maximum atomic E-state index is 4.53. The van der Waals surface area contributed by atoms with Gasteiger partial charge in [-0.3, -0.25) is 0 Å². The highest BCUT2D eigenvalue weighted by atomic mass is 32.2. The third-order valence-corrected chi connectivity index (χ3v) is 4.71. The maximum absolute atomic E-state index is 4.53. The van der Waals surface area contributed by atoms with Gasteiger partial charge in [0.2, 0.25) is 11.9 Å². The zero-order chi connectivity index (χ0) is 14.7. The Morgan fingerprint density at radius 2 is 2.19 bits per heavy atom. The Kier molecular flexibility index (Phi) is 4.18. The average molecular weight is 306 g/mol. The van der Waals surface area contributed by atoms with Crippen molar-refractivity contribution in [2.75, 3.05) is 36.1 Å². The molecule has 9 heteroatoms. The fourth-order valence-corrected chi connectivity index (χ4v) is 3.35. The molecule has 0 saturated carbocycles. The minimum absolute atomic E-state index is 0.480. The third-order valence-electron chi connectivity index (χ3n) is 3.34. The molecule has 1 fully saturated rings. The summed E-state index contributed by atoms with van der Waals surface area (Å²) in [4.78, 5) is 19.5. The first-order valence-electron chi connectivity index (χ1n) is 6.95. The van der Waals surface area contributed by atoms with Crippen LogP contribution in [0.15, 0.2) is 12.7 Å². The van der Waals surface area contributed by atoms with Crippen LogP contribution in [0.1, 0.15) is 13.3 Å². The van der Waals surface area contributed by atoms with Gasteiger partial charge >= 0.3 is 0 Å². The first-order chi connectivity index (χ1) is 10.3. The number of nitrogens with one attached hydrogen (secondary N) is 1. The van der Waals surface area contributed by atoms with Crippen LogP contribution in [0.5, 0.6) is 0 Å². The van der Waals surface area contributed by atoms with E-state index in [4.69, 9.17) is 0 Å². The topological polar surface area (TPSA) is 84.7 Å². The molecule has 1 atom stereocenters. The molecule has 0 radical (unpaired) electrons. The molecule has 1 N–H and O–H groups in total. The molecule has 112 valence electrons. The van der Waals surface area contributed by atoms with E-state index in [2.05, 4.69) is 42.2 Å². The summed E-state index contributed by atoms with van der Waals surface area (Å²) in [7, 11) is 1.80. The molecule has 0 aliphatic carbocycles. The van der Waals surface area contributed by atoms with Gasteiger partial charge in [-0.25, -0.2) is 4.98 Å². The summed E-state index contributed by atoms with van der Waals surface area (Å²) in [6.07, 6.45) is 4.20. The van der Waals surface area contributed by atoms with E-state index in [1.165, 1.54) is 6.33 Å². The molecule has 1 aliphatic heterocycles. The number of anilines is 2. The molecule has 3 rings (SSSR count). The number of rotatable bonds is 4. The zero-order valence-corrected chi connectivity index (χ0v) is 12.9. The number of thioether (sulfide) groups is 1. The fourth-order valence-electron chi connectivity index (χ4n) is 2.17. The van der Waals surface area contributed by atoms with Crippen molar-refractivity contribution in [3.63, 3.8) is 0 Å². The van der Waals surface area contributed by atoms with E-state index in [0.717, 1.165) is 25.3 Å². The predicted octanol–water partition coefficient (Wildman–Crippen LogP) is 0.826. The van der Waals surface area contributed by atoms with Crippen LogP contribution in [0.2, 0.25) is 0 Å². The summed E-state index contributed by atoms with van der Waals surface area (Å²) in [6, 6.07) is 0. The number of nitrogens with zero attached hydrogens (tertiary/aromatic N) is 7. The third kappa shape index (κ3) is 3.07. The predicted molar refractivity (Wildman–Crippen MR) is 83.0 cm³/mol. The summed E-state index contributed by atoms with van der Waals surface area (Å²) < 4.78 is 1.54. The van der Waals surface area contributed by atoms with Crippen LogP contribution >= 0.6 is 11.8 Å². The number of hydrogen-bond donors (Lipinski definition) is 1. The van der Waals surface area contributed by atoms with E-state index in [1.54, 1.807) is 18.1 Å². The van der Waals surface area contributed by atoms with E-state index in [1.807, 2.05) is 11.8 Å². The summed E-state index contributed by atoms with van der Waals surface area (Å²) >= 11 is 2.02. The van der Waals surface area contributed by atoms with Crippen molar-refractivity contribution in [3.05, 3.63) is 12.7 Å². The highest BCUT2D eigenvalue weighted by molar-refractivity contribution is 8.00. The summed E-state index contributed by atoms with van der Waals surface area (Å²) in [5.41, 5.74) is 0. The van der Waals surface area contributed by atoms with Gasteiger partial charge in [-0.15, -0.1) is 0 Å². The molecule has 1 aliphatic rings. The van der Waals surface area contributed by atoms with Gasteiger partial charge in [0.1, 0.15) is 12.7 Å². The molecular formula is C12H18N8S. The van der Waals surface area contributed by atoms with Gasteiger partial charge < -0.3 is 10.2 Å². The average Bonchev–Trinajstić information content (AvgIpc) is 3.09. The highest BCUT2D eigenvalue weighted by Crippen LogP contribution is 2.24. The molecule has 21 heavy (non-hydrogen) atoms. The van der Waals surface area contributed by atoms with Crippen molar-refractivity contribution in [1.29, 1.82) is 0 Å². The summed E-state index contributed by atoms with van der Waals surface area (Å²) in [6.45, 7) is 4.13. The second-order valence-electron chi connectivity index (χ2n) is 4.70. The lowest BCUT2D eigenvalue weighted by molar-refractivity contribution is 0.698. The molecular weight excluding hydrogens is 288 g/mol. The molecule has 0 spiro atoms. The van der Waals surface area contributed by atoms with Gasteiger partial charge in [0.25, 0.3) is 5.95 Å². The van der Waals surface area contributed by atoms with Gasteiger partial charge in [-0.05, 0) is 6.42 Å². The van der Waals surface area contributed by atoms with Gasteiger partial charge in [0.15, 0.2) is 0 Å². The Morgan fingerprint density at radius 1 is 1.33 bits per heavy atom. The van der Waals surface area contributed by atoms with E-state index >= 15 is 0 Å². The Morgan fingerprint density at radius 3 is 2.90 bits per heavy atom. The van der Waals surface area contributed by atoms with Crippen LogP contribution in [0, 0.1) is 0 Å². The van der Waals surface area contributed by atoms with Crippen molar-refractivity contribution in [3.8, 4) is 5.95 Å². The van der Waals surface area contributed by atoms with Crippen molar-refractivity contribution >= 4 is 23.7 Å². The van der Waals surface area contributed by atoms with Crippen molar-refractivity contribution in [1.82, 2.24) is 29.7 Å². The number of hydrogen-bond acceptors (Lipinski definition) is 8. The fraction of sp³-hybridized carbons (Fsp3) is 0.583. The van der Waals surface area contributed by atoms with Crippen LogP contribution in [0.3, 0.4) is 0 Å². The molecule has 0 bridgehead atoms. The second kappa shape index (κ2) is 6.25. The Labute approximate surface area is 127 Å². The standard InChI is InChI=1S/C12H18N8S/c1-3-9-6-19(4-5-21-9)11-16-10(13-2)17-12(18-11)20-8-14-7-15-20/h7-9H,3-6H2,1-2H3,(H,13,16,17,18). The van der Waals surface area contributed by atoms with Gasteiger partial charge in [0.05, 0.1) is 0 Å². The quantitative estimate of drug-likeness (QED) is 0.889. The molecule has 0 aromatic carbocycles. The van der Waals surface area contributed by atoms with Crippen LogP contribution in [0.25, 0.3) is 5.95 Å². The zero-order valence-electron chi connectivity index (χ0n) is 12.1.